The molecule has 278 valence electrons. The fraction of sp³-hybridized carbons (Fsp3) is 0.923. The van der Waals surface area contributed by atoms with Gasteiger partial charge in [0, 0.05) is 45.6 Å². The van der Waals surface area contributed by atoms with Gasteiger partial charge >= 0.3 is 5.97 Å². The molecule has 8 heteroatoms. The van der Waals surface area contributed by atoms with Gasteiger partial charge in [-0.1, -0.05) is 104 Å². The summed E-state index contributed by atoms with van der Waals surface area (Å²) in [5, 5.41) is 9.65. The molecule has 0 radical (unpaired) electrons. The molecule has 0 spiro atoms. The molecular formula is C39H78N4O4. The lowest BCUT2D eigenvalue weighted by Gasteiger charge is -2.32. The summed E-state index contributed by atoms with van der Waals surface area (Å²) < 4.78 is 5.57. The number of carbonyl (C=O) groups excluding carboxylic acids is 3. The molecule has 0 atom stereocenters. The average molecular weight is 667 g/mol. The van der Waals surface area contributed by atoms with Crippen LogP contribution in [0.4, 0.5) is 0 Å². The van der Waals surface area contributed by atoms with Crippen LogP contribution in [0, 0.1) is 32.5 Å². The van der Waals surface area contributed by atoms with Crippen molar-refractivity contribution < 1.29 is 19.1 Å². The van der Waals surface area contributed by atoms with Crippen molar-refractivity contribution in [3.8, 4) is 0 Å². The first-order chi connectivity index (χ1) is 21.1. The summed E-state index contributed by atoms with van der Waals surface area (Å²) in [5.41, 5.74) is 0.574. The van der Waals surface area contributed by atoms with Crippen molar-refractivity contribution >= 4 is 17.8 Å². The monoisotopic (exact) mass is 667 g/mol. The maximum atomic E-state index is 12.8. The molecule has 3 N–H and O–H groups in total. The first-order valence-corrected chi connectivity index (χ1v) is 18.2. The lowest BCUT2D eigenvalue weighted by molar-refractivity contribution is -0.147. The van der Waals surface area contributed by atoms with E-state index in [1.54, 1.807) is 0 Å². The number of rotatable bonds is 22. The van der Waals surface area contributed by atoms with Crippen LogP contribution < -0.4 is 16.0 Å². The zero-order valence-electron chi connectivity index (χ0n) is 33.7. The molecular weight excluding hydrogens is 588 g/mol. The van der Waals surface area contributed by atoms with Crippen LogP contribution >= 0.6 is 0 Å². The highest BCUT2D eigenvalue weighted by atomic mass is 16.5. The zero-order valence-corrected chi connectivity index (χ0v) is 33.7. The lowest BCUT2D eigenvalue weighted by Crippen LogP contribution is -2.40. The Morgan fingerprint density at radius 1 is 0.532 bits per heavy atom. The van der Waals surface area contributed by atoms with Crippen LogP contribution in [0.2, 0.25) is 0 Å². The van der Waals surface area contributed by atoms with Crippen LogP contribution in [-0.4, -0.2) is 75.1 Å². The molecule has 0 aliphatic heterocycles. The van der Waals surface area contributed by atoms with Crippen molar-refractivity contribution in [3.05, 3.63) is 0 Å². The van der Waals surface area contributed by atoms with Gasteiger partial charge < -0.3 is 25.6 Å². The van der Waals surface area contributed by atoms with Crippen molar-refractivity contribution in [1.82, 2.24) is 20.9 Å². The van der Waals surface area contributed by atoms with Crippen molar-refractivity contribution in [1.29, 1.82) is 0 Å². The SMILES string of the molecule is CC(C)(C)CC(C)(C)CNC(=O)CCN(CCCNCCC(=O)OCC(C)(C)CC(C)(C)C)CCC(=O)NCC(C)(C)CC(C)(C)C. The van der Waals surface area contributed by atoms with Crippen LogP contribution in [0.15, 0.2) is 0 Å². The third-order valence-corrected chi connectivity index (χ3v) is 7.82. The van der Waals surface area contributed by atoms with Crippen molar-refractivity contribution in [2.75, 3.05) is 52.4 Å². The largest absolute Gasteiger partial charge is 0.465 e. The van der Waals surface area contributed by atoms with E-state index in [4.69, 9.17) is 4.74 Å². The highest BCUT2D eigenvalue weighted by Gasteiger charge is 2.28. The molecule has 0 fully saturated rings. The highest BCUT2D eigenvalue weighted by molar-refractivity contribution is 5.76. The van der Waals surface area contributed by atoms with Crippen molar-refractivity contribution in [2.24, 2.45) is 32.5 Å². The number of nitrogens with one attached hydrogen (secondary N) is 3. The molecule has 0 aromatic heterocycles. The Bertz CT molecular complexity index is 888. The predicted molar refractivity (Wildman–Crippen MR) is 198 cm³/mol. The standard InChI is InChI=1S/C39H78N4O4/c1-34(2,3)25-37(10,11)28-41-31(44)18-23-43(24-19-32(45)42-29-38(12,13)26-35(4,5)6)22-16-20-40-21-17-33(46)47-30-39(14,15)27-36(7,8)9/h40H,16-30H2,1-15H3,(H,41,44)(H,42,45). The van der Waals surface area contributed by atoms with Crippen LogP contribution in [0.3, 0.4) is 0 Å². The minimum atomic E-state index is -0.172. The molecule has 0 rings (SSSR count). The zero-order chi connectivity index (χ0) is 36.7. The van der Waals surface area contributed by atoms with E-state index < -0.39 is 0 Å². The number of ether oxygens (including phenoxy) is 1. The average Bonchev–Trinajstić information content (AvgIpc) is 2.84. The molecule has 0 heterocycles. The van der Waals surface area contributed by atoms with Gasteiger partial charge in [0.15, 0.2) is 0 Å². The maximum absolute atomic E-state index is 12.8. The molecule has 0 bridgehead atoms. The Morgan fingerprint density at radius 2 is 0.936 bits per heavy atom. The number of hydrogen-bond acceptors (Lipinski definition) is 6. The van der Waals surface area contributed by atoms with E-state index in [1.165, 1.54) is 0 Å². The predicted octanol–water partition coefficient (Wildman–Crippen LogP) is 7.60. The Morgan fingerprint density at radius 3 is 1.34 bits per heavy atom. The lowest BCUT2D eigenvalue weighted by atomic mass is 9.76. The fourth-order valence-electron chi connectivity index (χ4n) is 7.28. The Balaban J connectivity index is 4.86. The smallest absolute Gasteiger partial charge is 0.307 e. The molecule has 0 aromatic carbocycles. The van der Waals surface area contributed by atoms with E-state index in [0.29, 0.717) is 58.6 Å². The molecule has 0 aromatic rings. The van der Waals surface area contributed by atoms with E-state index >= 15 is 0 Å². The summed E-state index contributed by atoms with van der Waals surface area (Å²) in [6, 6.07) is 0. The summed E-state index contributed by atoms with van der Waals surface area (Å²) in [6.07, 6.45) is 5.02. The summed E-state index contributed by atoms with van der Waals surface area (Å²) in [7, 11) is 0. The third-order valence-electron chi connectivity index (χ3n) is 7.82. The van der Waals surface area contributed by atoms with Crippen LogP contribution in [0.25, 0.3) is 0 Å². The van der Waals surface area contributed by atoms with Gasteiger partial charge in [0.1, 0.15) is 0 Å². The second-order valence-corrected chi connectivity index (χ2v) is 20.1. The Labute approximate surface area is 291 Å². The Kier molecular flexibility index (Phi) is 18.8. The number of carbonyl (C=O) groups is 3. The van der Waals surface area contributed by atoms with Gasteiger partial charge in [-0.3, -0.25) is 14.4 Å². The molecule has 0 aliphatic carbocycles. The van der Waals surface area contributed by atoms with Gasteiger partial charge in [0.2, 0.25) is 11.8 Å². The quantitative estimate of drug-likeness (QED) is 0.0813. The van der Waals surface area contributed by atoms with Crippen LogP contribution in [0.1, 0.15) is 149 Å². The van der Waals surface area contributed by atoms with Gasteiger partial charge in [-0.2, -0.15) is 0 Å². The van der Waals surface area contributed by atoms with E-state index in [9.17, 15) is 14.4 Å². The Hall–Kier alpha value is -1.67. The molecule has 47 heavy (non-hydrogen) atoms. The molecule has 0 saturated carbocycles. The topological polar surface area (TPSA) is 99.8 Å². The number of hydrogen-bond donors (Lipinski definition) is 3. The van der Waals surface area contributed by atoms with Crippen molar-refractivity contribution in [3.63, 3.8) is 0 Å². The molecule has 0 unspecified atom stereocenters. The first kappa shape index (κ1) is 45.3. The van der Waals surface area contributed by atoms with Gasteiger partial charge in [0.25, 0.3) is 0 Å². The molecule has 8 nitrogen and oxygen atoms in total. The summed E-state index contributed by atoms with van der Waals surface area (Å²) in [6.45, 7) is 38.1. The van der Waals surface area contributed by atoms with Crippen LogP contribution in [-0.2, 0) is 19.1 Å². The van der Waals surface area contributed by atoms with Crippen molar-refractivity contribution in [2.45, 2.75) is 149 Å². The van der Waals surface area contributed by atoms with E-state index in [2.05, 4.69) is 125 Å². The summed E-state index contributed by atoms with van der Waals surface area (Å²) >= 11 is 0. The fourth-order valence-corrected chi connectivity index (χ4v) is 7.28. The second-order valence-electron chi connectivity index (χ2n) is 20.1. The minimum absolute atomic E-state index is 0.0210. The van der Waals surface area contributed by atoms with Crippen LogP contribution in [0.5, 0.6) is 0 Å². The van der Waals surface area contributed by atoms with Gasteiger partial charge in [-0.15, -0.1) is 0 Å². The van der Waals surface area contributed by atoms with Gasteiger partial charge in [-0.05, 0) is 71.3 Å². The molecule has 0 saturated heterocycles. The molecule has 0 aliphatic rings. The van der Waals surface area contributed by atoms with E-state index in [0.717, 1.165) is 38.8 Å². The molecule has 2 amide bonds. The highest BCUT2D eigenvalue weighted by Crippen LogP contribution is 2.34. The van der Waals surface area contributed by atoms with Gasteiger partial charge in [0.05, 0.1) is 13.0 Å². The van der Waals surface area contributed by atoms with E-state index in [-0.39, 0.29) is 50.3 Å². The summed E-state index contributed by atoms with van der Waals surface area (Å²) in [4.78, 5) is 40.2. The first-order valence-electron chi connectivity index (χ1n) is 18.2. The third kappa shape index (κ3) is 27.9. The minimum Gasteiger partial charge on any atom is -0.465 e. The summed E-state index contributed by atoms with van der Waals surface area (Å²) in [5.74, 6) is -0.0742. The number of amides is 2. The second kappa shape index (κ2) is 19.5. The van der Waals surface area contributed by atoms with Gasteiger partial charge in [-0.25, -0.2) is 0 Å². The van der Waals surface area contributed by atoms with E-state index in [1.807, 2.05) is 0 Å². The normalized spacial score (nSPS) is 13.5. The number of esters is 1. The maximum Gasteiger partial charge on any atom is 0.307 e. The number of nitrogens with zero attached hydrogens (tertiary/aromatic N) is 1.